The molecule has 0 spiro atoms. The van der Waals surface area contributed by atoms with Crippen LogP contribution in [0.15, 0.2) is 29.6 Å². The Morgan fingerprint density at radius 2 is 2.10 bits per heavy atom. The fraction of sp³-hybridized carbons (Fsp3) is 0.438. The molecule has 1 fully saturated rings. The number of nitrogens with zero attached hydrogens (tertiary/aromatic N) is 2. The standard InChI is InChI=1S/C16H21N3S/c1-12(16-11-20-13(2)18-16)17-14-6-5-7-15(10-14)19-8-3-4-9-19/h5-7,10-12,17H,3-4,8-9H2,1-2H3. The fourth-order valence-corrected chi connectivity index (χ4v) is 3.38. The Morgan fingerprint density at radius 1 is 1.30 bits per heavy atom. The van der Waals surface area contributed by atoms with E-state index in [9.17, 15) is 0 Å². The Bertz CT molecular complexity index is 573. The van der Waals surface area contributed by atoms with Crippen LogP contribution in [0.4, 0.5) is 11.4 Å². The topological polar surface area (TPSA) is 28.2 Å². The SMILES string of the molecule is Cc1nc(C(C)Nc2cccc(N3CCCC3)c2)cs1. The van der Waals surface area contributed by atoms with Crippen LogP contribution in [0.25, 0.3) is 0 Å². The normalized spacial score (nSPS) is 16.4. The number of nitrogens with one attached hydrogen (secondary N) is 1. The van der Waals surface area contributed by atoms with Crippen molar-refractivity contribution in [1.82, 2.24) is 4.98 Å². The van der Waals surface area contributed by atoms with E-state index in [1.54, 1.807) is 11.3 Å². The lowest BCUT2D eigenvalue weighted by atomic mass is 10.2. The molecule has 106 valence electrons. The maximum atomic E-state index is 4.55. The summed E-state index contributed by atoms with van der Waals surface area (Å²) in [6.45, 7) is 6.58. The molecule has 1 aliphatic heterocycles. The van der Waals surface area contributed by atoms with Crippen molar-refractivity contribution in [3.63, 3.8) is 0 Å². The summed E-state index contributed by atoms with van der Waals surface area (Å²) in [6, 6.07) is 8.97. The quantitative estimate of drug-likeness (QED) is 0.912. The van der Waals surface area contributed by atoms with Crippen molar-refractivity contribution in [2.45, 2.75) is 32.7 Å². The Kier molecular flexibility index (Phi) is 3.92. The van der Waals surface area contributed by atoms with Gasteiger partial charge < -0.3 is 10.2 Å². The van der Waals surface area contributed by atoms with Crippen molar-refractivity contribution in [3.8, 4) is 0 Å². The van der Waals surface area contributed by atoms with E-state index >= 15 is 0 Å². The Labute approximate surface area is 124 Å². The fourth-order valence-electron chi connectivity index (χ4n) is 2.67. The van der Waals surface area contributed by atoms with Gasteiger partial charge in [-0.2, -0.15) is 0 Å². The number of thiazole rings is 1. The molecule has 2 aromatic rings. The minimum Gasteiger partial charge on any atom is -0.377 e. The Hall–Kier alpha value is -1.55. The summed E-state index contributed by atoms with van der Waals surface area (Å²) in [6.07, 6.45) is 2.62. The molecule has 0 aliphatic carbocycles. The number of benzene rings is 1. The molecule has 1 aliphatic rings. The van der Waals surface area contributed by atoms with Gasteiger partial charge in [-0.15, -0.1) is 11.3 Å². The molecule has 0 bridgehead atoms. The lowest BCUT2D eigenvalue weighted by molar-refractivity contribution is 0.845. The number of hydrogen-bond acceptors (Lipinski definition) is 4. The van der Waals surface area contributed by atoms with Gasteiger partial charge in [0.05, 0.1) is 16.7 Å². The van der Waals surface area contributed by atoms with Crippen molar-refractivity contribution >= 4 is 22.7 Å². The second-order valence-corrected chi connectivity index (χ2v) is 6.46. The molecule has 1 unspecified atom stereocenters. The number of aryl methyl sites for hydroxylation is 1. The molecule has 1 atom stereocenters. The minimum absolute atomic E-state index is 0.244. The van der Waals surface area contributed by atoms with Crippen molar-refractivity contribution in [2.75, 3.05) is 23.3 Å². The van der Waals surface area contributed by atoms with Gasteiger partial charge >= 0.3 is 0 Å². The van der Waals surface area contributed by atoms with Crippen LogP contribution in [0.5, 0.6) is 0 Å². The zero-order chi connectivity index (χ0) is 13.9. The molecule has 3 rings (SSSR count). The largest absolute Gasteiger partial charge is 0.377 e. The van der Waals surface area contributed by atoms with Crippen LogP contribution in [0, 0.1) is 6.92 Å². The van der Waals surface area contributed by atoms with Crippen LogP contribution in [0.1, 0.15) is 36.5 Å². The first-order valence-electron chi connectivity index (χ1n) is 7.26. The van der Waals surface area contributed by atoms with E-state index in [4.69, 9.17) is 0 Å². The van der Waals surface area contributed by atoms with Crippen LogP contribution in [0.3, 0.4) is 0 Å². The lowest BCUT2D eigenvalue weighted by Crippen LogP contribution is -2.17. The summed E-state index contributed by atoms with van der Waals surface area (Å²) < 4.78 is 0. The number of anilines is 2. The van der Waals surface area contributed by atoms with Gasteiger partial charge in [0.2, 0.25) is 0 Å². The van der Waals surface area contributed by atoms with Gasteiger partial charge in [-0.25, -0.2) is 4.98 Å². The lowest BCUT2D eigenvalue weighted by Gasteiger charge is -2.20. The van der Waals surface area contributed by atoms with Crippen molar-refractivity contribution in [1.29, 1.82) is 0 Å². The summed E-state index contributed by atoms with van der Waals surface area (Å²) in [5.41, 5.74) is 3.63. The molecule has 2 heterocycles. The molecule has 20 heavy (non-hydrogen) atoms. The van der Waals surface area contributed by atoms with Crippen LogP contribution >= 0.6 is 11.3 Å². The van der Waals surface area contributed by atoms with Crippen LogP contribution in [-0.4, -0.2) is 18.1 Å². The minimum atomic E-state index is 0.244. The number of aromatic nitrogens is 1. The summed E-state index contributed by atoms with van der Waals surface area (Å²) in [4.78, 5) is 7.01. The van der Waals surface area contributed by atoms with Gasteiger partial charge in [-0.05, 0) is 44.9 Å². The average Bonchev–Trinajstić information content (AvgIpc) is 3.10. The first-order valence-corrected chi connectivity index (χ1v) is 8.14. The molecule has 1 aromatic heterocycles. The molecule has 1 aromatic carbocycles. The summed E-state index contributed by atoms with van der Waals surface area (Å²) >= 11 is 1.71. The molecule has 4 heteroatoms. The van der Waals surface area contributed by atoms with Crippen molar-refractivity contribution < 1.29 is 0 Å². The van der Waals surface area contributed by atoms with Gasteiger partial charge in [0.1, 0.15) is 0 Å². The van der Waals surface area contributed by atoms with E-state index in [0.29, 0.717) is 0 Å². The highest BCUT2D eigenvalue weighted by Crippen LogP contribution is 2.26. The van der Waals surface area contributed by atoms with Crippen molar-refractivity contribution in [2.24, 2.45) is 0 Å². The van der Waals surface area contributed by atoms with Gasteiger partial charge in [-0.1, -0.05) is 6.07 Å². The first-order chi connectivity index (χ1) is 9.72. The number of rotatable bonds is 4. The summed E-state index contributed by atoms with van der Waals surface area (Å²) in [7, 11) is 0. The predicted octanol–water partition coefficient (Wildman–Crippen LogP) is 4.22. The highest BCUT2D eigenvalue weighted by molar-refractivity contribution is 7.09. The Balaban J connectivity index is 1.72. The van der Waals surface area contributed by atoms with Gasteiger partial charge in [0.25, 0.3) is 0 Å². The third kappa shape index (κ3) is 2.96. The zero-order valence-corrected chi connectivity index (χ0v) is 12.9. The second kappa shape index (κ2) is 5.83. The van der Waals surface area contributed by atoms with E-state index in [2.05, 4.69) is 58.7 Å². The maximum Gasteiger partial charge on any atom is 0.0898 e. The van der Waals surface area contributed by atoms with Gasteiger partial charge in [0.15, 0.2) is 0 Å². The first kappa shape index (κ1) is 13.4. The molecule has 0 radical (unpaired) electrons. The zero-order valence-electron chi connectivity index (χ0n) is 12.1. The smallest absolute Gasteiger partial charge is 0.0898 e. The van der Waals surface area contributed by atoms with E-state index in [1.165, 1.54) is 37.3 Å². The van der Waals surface area contributed by atoms with E-state index in [1.807, 2.05) is 0 Å². The molecule has 0 saturated carbocycles. The van der Waals surface area contributed by atoms with Crippen LogP contribution < -0.4 is 10.2 Å². The predicted molar refractivity (Wildman–Crippen MR) is 86.8 cm³/mol. The molecular weight excluding hydrogens is 266 g/mol. The van der Waals surface area contributed by atoms with Gasteiger partial charge in [-0.3, -0.25) is 0 Å². The third-order valence-corrected chi connectivity index (χ3v) is 4.57. The Morgan fingerprint density at radius 3 is 2.80 bits per heavy atom. The van der Waals surface area contributed by atoms with Crippen LogP contribution in [-0.2, 0) is 0 Å². The molecule has 0 amide bonds. The molecular formula is C16H21N3S. The van der Waals surface area contributed by atoms with Crippen LogP contribution in [0.2, 0.25) is 0 Å². The average molecular weight is 287 g/mol. The molecule has 1 saturated heterocycles. The number of hydrogen-bond donors (Lipinski definition) is 1. The van der Waals surface area contributed by atoms with E-state index in [-0.39, 0.29) is 6.04 Å². The van der Waals surface area contributed by atoms with Crippen molar-refractivity contribution in [3.05, 3.63) is 40.3 Å². The molecule has 3 nitrogen and oxygen atoms in total. The highest BCUT2D eigenvalue weighted by Gasteiger charge is 2.13. The molecule has 1 N–H and O–H groups in total. The van der Waals surface area contributed by atoms with E-state index in [0.717, 1.165) is 10.7 Å². The van der Waals surface area contributed by atoms with E-state index < -0.39 is 0 Å². The second-order valence-electron chi connectivity index (χ2n) is 5.40. The maximum absolute atomic E-state index is 4.55. The summed E-state index contributed by atoms with van der Waals surface area (Å²) in [5.74, 6) is 0. The highest BCUT2D eigenvalue weighted by atomic mass is 32.1. The monoisotopic (exact) mass is 287 g/mol. The summed E-state index contributed by atoms with van der Waals surface area (Å²) in [5, 5.41) is 6.81. The van der Waals surface area contributed by atoms with Gasteiger partial charge in [0, 0.05) is 29.8 Å². The third-order valence-electron chi connectivity index (χ3n) is 3.78.